The van der Waals surface area contributed by atoms with Gasteiger partial charge in [-0.1, -0.05) is 12.8 Å². The monoisotopic (exact) mass is 493 g/mol. The Morgan fingerprint density at radius 1 is 1.04 bits per heavy atom. The van der Waals surface area contributed by atoms with Crippen molar-refractivity contribution in [3.63, 3.8) is 0 Å². The lowest BCUT2D eigenvalue weighted by Gasteiger charge is -2.40. The quantitative estimate of drug-likeness (QED) is 0.349. The number of guanidine groups is 1. The van der Waals surface area contributed by atoms with Gasteiger partial charge in [0, 0.05) is 52.9 Å². The standard InChI is InChI=1S/C19H35N5O2.HI/c1-16(17(25)23-9-5-6-10-23)22-11-13-24(14-12-22)18(20-2)21-15-19(26)7-3-4-8-19;/h16,26H,3-15H2,1-2H3,(H,20,21);1H. The molecule has 0 aromatic heterocycles. The Morgan fingerprint density at radius 2 is 1.63 bits per heavy atom. The average Bonchev–Trinajstić information content (AvgIpc) is 3.34. The normalized spacial score (nSPS) is 24.6. The van der Waals surface area contributed by atoms with Gasteiger partial charge < -0.3 is 20.2 Å². The molecule has 27 heavy (non-hydrogen) atoms. The van der Waals surface area contributed by atoms with Crippen LogP contribution in [-0.4, -0.2) is 96.2 Å². The molecule has 1 atom stereocenters. The molecular weight excluding hydrogens is 457 g/mol. The van der Waals surface area contributed by atoms with Crippen LogP contribution in [0.1, 0.15) is 45.4 Å². The van der Waals surface area contributed by atoms with Gasteiger partial charge in [0.2, 0.25) is 5.91 Å². The molecule has 2 N–H and O–H groups in total. The Hall–Kier alpha value is -0.610. The van der Waals surface area contributed by atoms with E-state index < -0.39 is 5.60 Å². The van der Waals surface area contributed by atoms with Crippen molar-refractivity contribution < 1.29 is 9.90 Å². The number of carbonyl (C=O) groups is 1. The molecule has 0 radical (unpaired) electrons. The molecule has 0 spiro atoms. The van der Waals surface area contributed by atoms with E-state index in [2.05, 4.69) is 20.1 Å². The molecule has 8 heteroatoms. The van der Waals surface area contributed by atoms with Crippen LogP contribution in [0.3, 0.4) is 0 Å². The molecule has 1 saturated carbocycles. The summed E-state index contributed by atoms with van der Waals surface area (Å²) in [6.45, 7) is 7.90. The van der Waals surface area contributed by atoms with Gasteiger partial charge in [-0.15, -0.1) is 24.0 Å². The Bertz CT molecular complexity index is 510. The smallest absolute Gasteiger partial charge is 0.239 e. The molecule has 156 valence electrons. The molecule has 2 saturated heterocycles. The summed E-state index contributed by atoms with van der Waals surface area (Å²) in [5, 5.41) is 13.9. The molecule has 0 bridgehead atoms. The van der Waals surface area contributed by atoms with Gasteiger partial charge in [-0.05, 0) is 32.6 Å². The van der Waals surface area contributed by atoms with Gasteiger partial charge in [-0.3, -0.25) is 14.7 Å². The van der Waals surface area contributed by atoms with Crippen LogP contribution < -0.4 is 5.32 Å². The minimum absolute atomic E-state index is 0. The van der Waals surface area contributed by atoms with Crippen molar-refractivity contribution in [2.24, 2.45) is 4.99 Å². The van der Waals surface area contributed by atoms with Crippen molar-refractivity contribution in [2.75, 3.05) is 52.9 Å². The van der Waals surface area contributed by atoms with Crippen LogP contribution in [0.4, 0.5) is 0 Å². The Balaban J connectivity index is 0.00000261. The second-order valence-corrected chi connectivity index (χ2v) is 8.06. The fourth-order valence-corrected chi connectivity index (χ4v) is 4.46. The van der Waals surface area contributed by atoms with Crippen LogP contribution in [0.15, 0.2) is 4.99 Å². The zero-order valence-electron chi connectivity index (χ0n) is 16.8. The highest BCUT2D eigenvalue weighted by Gasteiger charge is 2.33. The van der Waals surface area contributed by atoms with Crippen LogP contribution >= 0.6 is 24.0 Å². The minimum atomic E-state index is -0.575. The van der Waals surface area contributed by atoms with Crippen LogP contribution in [0.25, 0.3) is 0 Å². The zero-order chi connectivity index (χ0) is 18.6. The fourth-order valence-electron chi connectivity index (χ4n) is 4.46. The lowest BCUT2D eigenvalue weighted by molar-refractivity contribution is -0.135. The predicted molar refractivity (Wildman–Crippen MR) is 119 cm³/mol. The molecule has 3 aliphatic rings. The molecular formula is C19H36IN5O2. The van der Waals surface area contributed by atoms with Crippen molar-refractivity contribution >= 4 is 35.8 Å². The van der Waals surface area contributed by atoms with Gasteiger partial charge >= 0.3 is 0 Å². The van der Waals surface area contributed by atoms with Gasteiger partial charge in [0.05, 0.1) is 11.6 Å². The molecule has 1 aliphatic carbocycles. The summed E-state index contributed by atoms with van der Waals surface area (Å²) in [4.78, 5) is 23.5. The maximum atomic E-state index is 12.6. The number of carbonyl (C=O) groups excluding carboxylic acids is 1. The molecule has 1 amide bonds. The first kappa shape index (κ1) is 22.7. The highest BCUT2D eigenvalue weighted by Crippen LogP contribution is 2.28. The molecule has 2 heterocycles. The highest BCUT2D eigenvalue weighted by atomic mass is 127. The first-order valence-electron chi connectivity index (χ1n) is 10.2. The molecule has 3 rings (SSSR count). The van der Waals surface area contributed by atoms with E-state index in [1.807, 2.05) is 11.8 Å². The summed E-state index contributed by atoms with van der Waals surface area (Å²) < 4.78 is 0. The number of hydrogen-bond donors (Lipinski definition) is 2. The molecule has 0 aromatic carbocycles. The molecule has 2 aliphatic heterocycles. The second-order valence-electron chi connectivity index (χ2n) is 8.06. The first-order chi connectivity index (χ1) is 12.5. The van der Waals surface area contributed by atoms with Gasteiger partial charge in [-0.2, -0.15) is 0 Å². The number of halogens is 1. The fraction of sp³-hybridized carbons (Fsp3) is 0.895. The number of aliphatic hydroxyl groups is 1. The van der Waals surface area contributed by atoms with Crippen LogP contribution in [0, 0.1) is 0 Å². The number of hydrogen-bond acceptors (Lipinski definition) is 4. The number of piperazine rings is 1. The highest BCUT2D eigenvalue weighted by molar-refractivity contribution is 14.0. The SMILES string of the molecule is CN=C(NCC1(O)CCCC1)N1CCN(C(C)C(=O)N2CCCC2)CC1.I. The van der Waals surface area contributed by atoms with E-state index in [0.29, 0.717) is 6.54 Å². The second kappa shape index (κ2) is 10.2. The molecule has 7 nitrogen and oxygen atoms in total. The van der Waals surface area contributed by atoms with Crippen LogP contribution in [0.5, 0.6) is 0 Å². The van der Waals surface area contributed by atoms with Crippen molar-refractivity contribution in [1.82, 2.24) is 20.0 Å². The number of likely N-dealkylation sites (tertiary alicyclic amines) is 1. The van der Waals surface area contributed by atoms with E-state index in [-0.39, 0.29) is 35.9 Å². The summed E-state index contributed by atoms with van der Waals surface area (Å²) in [6, 6.07) is -0.0376. The summed E-state index contributed by atoms with van der Waals surface area (Å²) in [5.41, 5.74) is -0.575. The number of aliphatic imine (C=N–C) groups is 1. The van der Waals surface area contributed by atoms with E-state index in [1.165, 1.54) is 0 Å². The Kier molecular flexibility index (Phi) is 8.61. The van der Waals surface area contributed by atoms with Gasteiger partial charge in [-0.25, -0.2) is 0 Å². The largest absolute Gasteiger partial charge is 0.388 e. The third-order valence-electron chi connectivity index (χ3n) is 6.26. The van der Waals surface area contributed by atoms with Crippen LogP contribution in [0.2, 0.25) is 0 Å². The van der Waals surface area contributed by atoms with Crippen molar-refractivity contribution in [1.29, 1.82) is 0 Å². The maximum Gasteiger partial charge on any atom is 0.239 e. The van der Waals surface area contributed by atoms with Crippen molar-refractivity contribution in [3.8, 4) is 0 Å². The zero-order valence-corrected chi connectivity index (χ0v) is 19.2. The van der Waals surface area contributed by atoms with Crippen molar-refractivity contribution in [2.45, 2.75) is 57.1 Å². The molecule has 0 aromatic rings. The number of nitrogens with one attached hydrogen (secondary N) is 1. The topological polar surface area (TPSA) is 71.4 Å². The Labute approximate surface area is 180 Å². The lowest BCUT2D eigenvalue weighted by Crippen LogP contribution is -2.58. The molecule has 3 fully saturated rings. The number of nitrogens with zero attached hydrogens (tertiary/aromatic N) is 4. The third-order valence-corrected chi connectivity index (χ3v) is 6.26. The van der Waals surface area contributed by atoms with E-state index in [1.54, 1.807) is 7.05 Å². The summed E-state index contributed by atoms with van der Waals surface area (Å²) in [6.07, 6.45) is 6.25. The van der Waals surface area contributed by atoms with E-state index in [9.17, 15) is 9.90 Å². The van der Waals surface area contributed by atoms with E-state index in [4.69, 9.17) is 0 Å². The lowest BCUT2D eigenvalue weighted by atomic mass is 10.0. The first-order valence-corrected chi connectivity index (χ1v) is 10.2. The number of amides is 1. The van der Waals surface area contributed by atoms with Gasteiger partial charge in [0.1, 0.15) is 0 Å². The summed E-state index contributed by atoms with van der Waals surface area (Å²) >= 11 is 0. The predicted octanol–water partition coefficient (Wildman–Crippen LogP) is 1.11. The van der Waals surface area contributed by atoms with Crippen LogP contribution in [-0.2, 0) is 4.79 Å². The van der Waals surface area contributed by atoms with E-state index in [0.717, 1.165) is 83.8 Å². The number of rotatable bonds is 4. The van der Waals surface area contributed by atoms with Gasteiger partial charge in [0.15, 0.2) is 5.96 Å². The summed E-state index contributed by atoms with van der Waals surface area (Å²) in [7, 11) is 1.80. The van der Waals surface area contributed by atoms with Gasteiger partial charge in [0.25, 0.3) is 0 Å². The van der Waals surface area contributed by atoms with Crippen molar-refractivity contribution in [3.05, 3.63) is 0 Å². The maximum absolute atomic E-state index is 12.6. The molecule has 1 unspecified atom stereocenters. The third kappa shape index (κ3) is 5.69. The Morgan fingerprint density at radius 3 is 2.19 bits per heavy atom. The summed E-state index contributed by atoms with van der Waals surface area (Å²) in [5.74, 6) is 1.14. The average molecular weight is 493 g/mol. The van der Waals surface area contributed by atoms with E-state index >= 15 is 0 Å². The minimum Gasteiger partial charge on any atom is -0.388 e.